The van der Waals surface area contributed by atoms with Gasteiger partial charge in [-0.25, -0.2) is 19.3 Å². The molecule has 4 aromatic rings. The number of amides is 1. The van der Waals surface area contributed by atoms with Gasteiger partial charge in [0, 0.05) is 6.42 Å². The van der Waals surface area contributed by atoms with Gasteiger partial charge in [-0.2, -0.15) is 0 Å². The molecule has 4 rings (SSSR count). The van der Waals surface area contributed by atoms with Gasteiger partial charge in [0.2, 0.25) is 0 Å². The minimum Gasteiger partial charge on any atom is -0.480 e. The normalized spacial score (nSPS) is 11.5. The molecule has 0 saturated heterocycles. The van der Waals surface area contributed by atoms with Crippen LogP contribution in [0.15, 0.2) is 79.0 Å². The molecule has 10 nitrogen and oxygen atoms in total. The molecule has 2 aromatic carbocycles. The quantitative estimate of drug-likeness (QED) is 0.366. The van der Waals surface area contributed by atoms with Gasteiger partial charge in [-0.05, 0) is 42.0 Å². The molecule has 1 unspecified atom stereocenters. The highest BCUT2D eigenvalue weighted by molar-refractivity contribution is 5.95. The van der Waals surface area contributed by atoms with Gasteiger partial charge in [0.05, 0.1) is 23.1 Å². The standard InChI is InChI=1S/C24H19N5O5/c30-22(26-20(24(33)34)13-15-5-2-1-3-6-15)19-8-4-7-18(25-19)21-14-29(28-27-21)17-11-9-16(10-12-17)23(31)32/h1-12,14,20H,13H2,(H,26,30)(H,31,32)(H,33,34). The van der Waals surface area contributed by atoms with E-state index in [0.29, 0.717) is 17.1 Å². The fraction of sp³-hybridized carbons (Fsp3) is 0.0833. The number of nitrogens with one attached hydrogen (secondary N) is 1. The number of aromatic nitrogens is 4. The molecule has 10 heteroatoms. The Morgan fingerprint density at radius 3 is 2.29 bits per heavy atom. The Kier molecular flexibility index (Phi) is 6.40. The van der Waals surface area contributed by atoms with Gasteiger partial charge in [0.1, 0.15) is 17.4 Å². The fourth-order valence-corrected chi connectivity index (χ4v) is 3.25. The number of hydrogen-bond acceptors (Lipinski definition) is 6. The van der Waals surface area contributed by atoms with E-state index in [1.54, 1.807) is 54.7 Å². The van der Waals surface area contributed by atoms with E-state index < -0.39 is 23.9 Å². The van der Waals surface area contributed by atoms with Crippen molar-refractivity contribution in [2.24, 2.45) is 0 Å². The summed E-state index contributed by atoms with van der Waals surface area (Å²) in [5.74, 6) is -2.80. The predicted molar refractivity (Wildman–Crippen MR) is 121 cm³/mol. The van der Waals surface area contributed by atoms with Crippen LogP contribution < -0.4 is 5.32 Å². The van der Waals surface area contributed by atoms with E-state index in [4.69, 9.17) is 5.11 Å². The zero-order chi connectivity index (χ0) is 24.1. The van der Waals surface area contributed by atoms with E-state index in [-0.39, 0.29) is 17.7 Å². The molecule has 0 radical (unpaired) electrons. The second-order valence-electron chi connectivity index (χ2n) is 7.36. The molecule has 0 aliphatic heterocycles. The summed E-state index contributed by atoms with van der Waals surface area (Å²) in [4.78, 5) is 39.7. The Morgan fingerprint density at radius 2 is 1.62 bits per heavy atom. The first-order valence-corrected chi connectivity index (χ1v) is 10.2. The zero-order valence-electron chi connectivity index (χ0n) is 17.7. The molecule has 0 saturated carbocycles. The second-order valence-corrected chi connectivity index (χ2v) is 7.36. The van der Waals surface area contributed by atoms with E-state index in [9.17, 15) is 19.5 Å². The SMILES string of the molecule is O=C(O)c1ccc(-n2cc(-c3cccc(C(=O)NC(Cc4ccccc4)C(=O)O)n3)nn2)cc1. The van der Waals surface area contributed by atoms with Crippen molar-refractivity contribution < 1.29 is 24.6 Å². The Balaban J connectivity index is 1.51. The summed E-state index contributed by atoms with van der Waals surface area (Å²) in [6.45, 7) is 0. The summed E-state index contributed by atoms with van der Waals surface area (Å²) >= 11 is 0. The maximum absolute atomic E-state index is 12.7. The van der Waals surface area contributed by atoms with E-state index in [0.717, 1.165) is 5.56 Å². The highest BCUT2D eigenvalue weighted by Crippen LogP contribution is 2.17. The third-order valence-electron chi connectivity index (χ3n) is 5.00. The van der Waals surface area contributed by atoms with E-state index in [1.165, 1.54) is 22.9 Å². The zero-order valence-corrected chi connectivity index (χ0v) is 17.7. The minimum atomic E-state index is -1.15. The van der Waals surface area contributed by atoms with Crippen LogP contribution >= 0.6 is 0 Å². The highest BCUT2D eigenvalue weighted by Gasteiger charge is 2.22. The Hall–Kier alpha value is -4.86. The van der Waals surface area contributed by atoms with Crippen LogP contribution in [0.25, 0.3) is 17.1 Å². The monoisotopic (exact) mass is 457 g/mol. The highest BCUT2D eigenvalue weighted by atomic mass is 16.4. The number of hydrogen-bond donors (Lipinski definition) is 3. The van der Waals surface area contributed by atoms with Crippen LogP contribution in [0.3, 0.4) is 0 Å². The number of rotatable bonds is 8. The van der Waals surface area contributed by atoms with Gasteiger partial charge in [0.15, 0.2) is 0 Å². The van der Waals surface area contributed by atoms with Crippen molar-refractivity contribution in [2.75, 3.05) is 0 Å². The van der Waals surface area contributed by atoms with Crippen LogP contribution in [0, 0.1) is 0 Å². The molecule has 0 aliphatic rings. The summed E-state index contributed by atoms with van der Waals surface area (Å²) in [6.07, 6.45) is 1.73. The van der Waals surface area contributed by atoms with Crippen LogP contribution in [0.4, 0.5) is 0 Å². The van der Waals surface area contributed by atoms with Crippen molar-refractivity contribution in [3.05, 3.63) is 95.8 Å². The molecular formula is C24H19N5O5. The lowest BCUT2D eigenvalue weighted by Gasteiger charge is -2.14. The van der Waals surface area contributed by atoms with Gasteiger partial charge >= 0.3 is 11.9 Å². The number of aromatic carboxylic acids is 1. The molecule has 0 spiro atoms. The number of benzene rings is 2. The molecule has 2 aromatic heterocycles. The molecule has 34 heavy (non-hydrogen) atoms. The average molecular weight is 457 g/mol. The van der Waals surface area contributed by atoms with Crippen molar-refractivity contribution in [3.8, 4) is 17.1 Å². The number of carbonyl (C=O) groups is 3. The number of nitrogens with zero attached hydrogens (tertiary/aromatic N) is 4. The molecule has 170 valence electrons. The number of carboxylic acid groups (broad SMARTS) is 2. The van der Waals surface area contributed by atoms with Crippen molar-refractivity contribution in [3.63, 3.8) is 0 Å². The number of pyridine rings is 1. The van der Waals surface area contributed by atoms with Crippen molar-refractivity contribution in [1.29, 1.82) is 0 Å². The van der Waals surface area contributed by atoms with Gasteiger partial charge in [0.25, 0.3) is 5.91 Å². The van der Waals surface area contributed by atoms with Crippen LogP contribution in [0.1, 0.15) is 26.4 Å². The predicted octanol–water partition coefficient (Wildman–Crippen LogP) is 2.45. The first kappa shape index (κ1) is 22.3. The van der Waals surface area contributed by atoms with Crippen molar-refractivity contribution >= 4 is 17.8 Å². The van der Waals surface area contributed by atoms with Gasteiger partial charge in [-0.1, -0.05) is 41.6 Å². The second kappa shape index (κ2) is 9.74. The number of carbonyl (C=O) groups excluding carboxylic acids is 1. The minimum absolute atomic E-state index is 0.0390. The summed E-state index contributed by atoms with van der Waals surface area (Å²) in [6, 6.07) is 18.7. The molecule has 0 bridgehead atoms. The molecule has 3 N–H and O–H groups in total. The Labute approximate surface area is 193 Å². The lowest BCUT2D eigenvalue weighted by atomic mass is 10.1. The van der Waals surface area contributed by atoms with Crippen LogP contribution in [-0.2, 0) is 11.2 Å². The van der Waals surface area contributed by atoms with Gasteiger partial charge in [-0.15, -0.1) is 5.10 Å². The summed E-state index contributed by atoms with van der Waals surface area (Å²) < 4.78 is 1.45. The number of carboxylic acids is 2. The number of aliphatic carboxylic acids is 1. The van der Waals surface area contributed by atoms with Crippen LogP contribution in [-0.4, -0.2) is 54.1 Å². The summed E-state index contributed by atoms with van der Waals surface area (Å²) in [5.41, 5.74) is 2.33. The maximum atomic E-state index is 12.7. The molecular weight excluding hydrogens is 438 g/mol. The molecule has 1 amide bonds. The lowest BCUT2D eigenvalue weighted by Crippen LogP contribution is -2.42. The first-order chi connectivity index (χ1) is 16.4. The molecule has 0 aliphatic carbocycles. The van der Waals surface area contributed by atoms with E-state index in [2.05, 4.69) is 20.6 Å². The lowest BCUT2D eigenvalue weighted by molar-refractivity contribution is -0.139. The third-order valence-corrected chi connectivity index (χ3v) is 5.00. The Bertz CT molecular complexity index is 1340. The van der Waals surface area contributed by atoms with E-state index in [1.807, 2.05) is 6.07 Å². The smallest absolute Gasteiger partial charge is 0.335 e. The topological polar surface area (TPSA) is 147 Å². The largest absolute Gasteiger partial charge is 0.480 e. The van der Waals surface area contributed by atoms with Crippen LogP contribution in [0.5, 0.6) is 0 Å². The van der Waals surface area contributed by atoms with Crippen LogP contribution in [0.2, 0.25) is 0 Å². The van der Waals surface area contributed by atoms with E-state index >= 15 is 0 Å². The first-order valence-electron chi connectivity index (χ1n) is 10.2. The van der Waals surface area contributed by atoms with Gasteiger partial charge in [-0.3, -0.25) is 4.79 Å². The molecule has 1 atom stereocenters. The molecule has 0 fully saturated rings. The summed E-state index contributed by atoms with van der Waals surface area (Å²) in [7, 11) is 0. The molecule has 2 heterocycles. The third kappa shape index (κ3) is 5.13. The van der Waals surface area contributed by atoms with Gasteiger partial charge < -0.3 is 15.5 Å². The average Bonchev–Trinajstić information content (AvgIpc) is 3.35. The maximum Gasteiger partial charge on any atom is 0.335 e. The fourth-order valence-electron chi connectivity index (χ4n) is 3.25. The summed E-state index contributed by atoms with van der Waals surface area (Å²) in [5, 5.41) is 29.2. The van der Waals surface area contributed by atoms with Crippen molar-refractivity contribution in [1.82, 2.24) is 25.3 Å². The Morgan fingerprint density at radius 1 is 0.882 bits per heavy atom. The van der Waals surface area contributed by atoms with Crippen molar-refractivity contribution in [2.45, 2.75) is 12.5 Å².